The molecule has 0 bridgehead atoms. The zero-order valence-electron chi connectivity index (χ0n) is 13.3. The van der Waals surface area contributed by atoms with Crippen molar-refractivity contribution < 1.29 is 0 Å². The summed E-state index contributed by atoms with van der Waals surface area (Å²) in [5, 5.41) is 14.3. The number of aliphatic imine (C=N–C) groups is 1. The summed E-state index contributed by atoms with van der Waals surface area (Å²) in [6.45, 7) is 7.21. The van der Waals surface area contributed by atoms with Crippen molar-refractivity contribution in [3.05, 3.63) is 12.7 Å². The Morgan fingerprint density at radius 3 is 2.48 bits per heavy atom. The molecule has 0 aliphatic carbocycles. The van der Waals surface area contributed by atoms with Crippen LogP contribution in [0, 0.1) is 0 Å². The van der Waals surface area contributed by atoms with Gasteiger partial charge in [0.25, 0.3) is 0 Å². The minimum absolute atomic E-state index is 0. The van der Waals surface area contributed by atoms with Crippen molar-refractivity contribution in [1.29, 1.82) is 0 Å². The normalized spacial score (nSPS) is 11.9. The molecule has 21 heavy (non-hydrogen) atoms. The van der Waals surface area contributed by atoms with Crippen LogP contribution in [-0.2, 0) is 6.54 Å². The number of unbranched alkanes of at least 4 members (excludes halogenated alkanes) is 1. The van der Waals surface area contributed by atoms with E-state index in [9.17, 15) is 0 Å². The molecule has 1 heterocycles. The summed E-state index contributed by atoms with van der Waals surface area (Å²) < 4.78 is 2.21. The van der Waals surface area contributed by atoms with Crippen molar-refractivity contribution in [3.63, 3.8) is 0 Å². The SMILES string of the molecule is CN=C(NCCCCn1cnnc1)NCC(C)(C)SC.I. The van der Waals surface area contributed by atoms with Crippen molar-refractivity contribution in [3.8, 4) is 0 Å². The van der Waals surface area contributed by atoms with Gasteiger partial charge in [0, 0.05) is 31.4 Å². The quantitative estimate of drug-likeness (QED) is 0.288. The second-order valence-electron chi connectivity index (χ2n) is 5.22. The molecule has 0 aromatic carbocycles. The lowest BCUT2D eigenvalue weighted by Gasteiger charge is -2.23. The maximum absolute atomic E-state index is 4.23. The van der Waals surface area contributed by atoms with Crippen LogP contribution in [0.25, 0.3) is 0 Å². The van der Waals surface area contributed by atoms with Gasteiger partial charge in [-0.3, -0.25) is 4.99 Å². The van der Waals surface area contributed by atoms with Gasteiger partial charge in [-0.15, -0.1) is 34.2 Å². The molecular formula is C13H27IN6S. The Labute approximate surface area is 149 Å². The Morgan fingerprint density at radius 1 is 1.24 bits per heavy atom. The number of thioether (sulfide) groups is 1. The van der Waals surface area contributed by atoms with E-state index in [1.54, 1.807) is 19.7 Å². The highest BCUT2D eigenvalue weighted by Crippen LogP contribution is 2.19. The average Bonchev–Trinajstić information content (AvgIpc) is 2.95. The highest BCUT2D eigenvalue weighted by atomic mass is 127. The maximum Gasteiger partial charge on any atom is 0.191 e. The van der Waals surface area contributed by atoms with E-state index in [2.05, 4.69) is 45.9 Å². The van der Waals surface area contributed by atoms with E-state index in [0.29, 0.717) is 0 Å². The van der Waals surface area contributed by atoms with Crippen LogP contribution in [0.2, 0.25) is 0 Å². The van der Waals surface area contributed by atoms with Gasteiger partial charge in [-0.1, -0.05) is 0 Å². The third-order valence-corrected chi connectivity index (χ3v) is 4.31. The number of aryl methyl sites for hydroxylation is 1. The predicted molar refractivity (Wildman–Crippen MR) is 102 cm³/mol. The predicted octanol–water partition coefficient (Wildman–Crippen LogP) is 1.98. The summed E-state index contributed by atoms with van der Waals surface area (Å²) in [6, 6.07) is 0. The molecule has 0 saturated carbocycles. The van der Waals surface area contributed by atoms with Crippen LogP contribution in [0.5, 0.6) is 0 Å². The van der Waals surface area contributed by atoms with E-state index in [1.807, 2.05) is 16.3 Å². The van der Waals surface area contributed by atoms with Gasteiger partial charge in [0.2, 0.25) is 0 Å². The summed E-state index contributed by atoms with van der Waals surface area (Å²) in [7, 11) is 1.80. The number of halogens is 1. The molecule has 0 fully saturated rings. The minimum Gasteiger partial charge on any atom is -0.356 e. The Bertz CT molecular complexity index is 393. The number of nitrogens with zero attached hydrogens (tertiary/aromatic N) is 4. The molecule has 0 spiro atoms. The van der Waals surface area contributed by atoms with Crippen LogP contribution in [-0.4, -0.2) is 51.9 Å². The number of nitrogens with one attached hydrogen (secondary N) is 2. The minimum atomic E-state index is 0. The molecule has 0 saturated heterocycles. The van der Waals surface area contributed by atoms with Crippen LogP contribution >= 0.6 is 35.7 Å². The fourth-order valence-corrected chi connectivity index (χ4v) is 1.77. The summed E-state index contributed by atoms with van der Waals surface area (Å²) in [5.41, 5.74) is 0. The number of aromatic nitrogens is 3. The van der Waals surface area contributed by atoms with Crippen molar-refractivity contribution in [2.75, 3.05) is 26.4 Å². The van der Waals surface area contributed by atoms with Crippen LogP contribution < -0.4 is 10.6 Å². The van der Waals surface area contributed by atoms with Crippen molar-refractivity contribution in [2.24, 2.45) is 4.99 Å². The number of hydrogen-bond donors (Lipinski definition) is 2. The fraction of sp³-hybridized carbons (Fsp3) is 0.769. The van der Waals surface area contributed by atoms with Gasteiger partial charge >= 0.3 is 0 Å². The van der Waals surface area contributed by atoms with Gasteiger partial charge in [0.15, 0.2) is 5.96 Å². The molecule has 0 unspecified atom stereocenters. The summed E-state index contributed by atoms with van der Waals surface area (Å²) in [4.78, 5) is 4.23. The molecule has 0 aliphatic rings. The average molecular weight is 426 g/mol. The van der Waals surface area contributed by atoms with Gasteiger partial charge in [-0.25, -0.2) is 0 Å². The van der Waals surface area contributed by atoms with Crippen LogP contribution in [0.15, 0.2) is 17.6 Å². The van der Waals surface area contributed by atoms with E-state index in [0.717, 1.165) is 38.4 Å². The first-order valence-electron chi connectivity index (χ1n) is 6.89. The highest BCUT2D eigenvalue weighted by molar-refractivity contribution is 14.0. The second-order valence-corrected chi connectivity index (χ2v) is 6.74. The molecule has 0 amide bonds. The first-order valence-corrected chi connectivity index (χ1v) is 8.12. The van der Waals surface area contributed by atoms with Gasteiger partial charge in [-0.2, -0.15) is 11.8 Å². The molecule has 1 aromatic rings. The topological polar surface area (TPSA) is 67.1 Å². The van der Waals surface area contributed by atoms with Crippen molar-refractivity contribution in [1.82, 2.24) is 25.4 Å². The molecule has 0 atom stereocenters. The summed E-state index contributed by atoms with van der Waals surface area (Å²) >= 11 is 1.85. The van der Waals surface area contributed by atoms with Gasteiger partial charge < -0.3 is 15.2 Å². The lowest BCUT2D eigenvalue weighted by atomic mass is 10.2. The molecule has 8 heteroatoms. The lowest BCUT2D eigenvalue weighted by Crippen LogP contribution is -2.43. The Morgan fingerprint density at radius 2 is 1.90 bits per heavy atom. The summed E-state index contributed by atoms with van der Waals surface area (Å²) in [6.07, 6.45) is 7.81. The Kier molecular flexibility index (Phi) is 10.8. The molecule has 0 aliphatic heterocycles. The van der Waals surface area contributed by atoms with Gasteiger partial charge in [-0.05, 0) is 32.9 Å². The van der Waals surface area contributed by atoms with E-state index in [1.165, 1.54) is 0 Å². The van der Waals surface area contributed by atoms with Gasteiger partial charge in [0.1, 0.15) is 12.7 Å². The number of guanidine groups is 1. The Hall–Kier alpha value is -0.510. The van der Waals surface area contributed by atoms with Gasteiger partial charge in [0.05, 0.1) is 0 Å². The second kappa shape index (κ2) is 11.1. The highest BCUT2D eigenvalue weighted by Gasteiger charge is 2.15. The number of rotatable bonds is 8. The van der Waals surface area contributed by atoms with Crippen molar-refractivity contribution >= 4 is 41.7 Å². The van der Waals surface area contributed by atoms with E-state index in [-0.39, 0.29) is 28.7 Å². The third-order valence-electron chi connectivity index (χ3n) is 3.06. The van der Waals surface area contributed by atoms with Crippen molar-refractivity contribution in [2.45, 2.75) is 38.0 Å². The molecule has 2 N–H and O–H groups in total. The van der Waals surface area contributed by atoms with Crippen LogP contribution in [0.1, 0.15) is 26.7 Å². The van der Waals surface area contributed by atoms with E-state index in [4.69, 9.17) is 0 Å². The molecular weight excluding hydrogens is 399 g/mol. The van der Waals surface area contributed by atoms with E-state index >= 15 is 0 Å². The molecule has 0 radical (unpaired) electrons. The smallest absolute Gasteiger partial charge is 0.191 e. The first kappa shape index (κ1) is 20.5. The largest absolute Gasteiger partial charge is 0.356 e. The maximum atomic E-state index is 4.23. The number of hydrogen-bond acceptors (Lipinski definition) is 4. The molecule has 122 valence electrons. The molecule has 1 aromatic heterocycles. The van der Waals surface area contributed by atoms with E-state index < -0.39 is 0 Å². The third kappa shape index (κ3) is 9.18. The molecule has 1 rings (SSSR count). The zero-order chi connectivity index (χ0) is 14.8. The zero-order valence-corrected chi connectivity index (χ0v) is 16.4. The standard InChI is InChI=1S/C13H26N6S.HI/c1-13(2,20-4)9-16-12(14-3)15-7-5-6-8-19-10-17-18-11-19;/h10-11H,5-9H2,1-4H3,(H2,14,15,16);1H. The fourth-order valence-electron chi connectivity index (χ4n) is 1.55. The lowest BCUT2D eigenvalue weighted by molar-refractivity contribution is 0.594. The van der Waals surface area contributed by atoms with Crippen LogP contribution in [0.4, 0.5) is 0 Å². The monoisotopic (exact) mass is 426 g/mol. The molecule has 6 nitrogen and oxygen atoms in total. The van der Waals surface area contributed by atoms with Crippen LogP contribution in [0.3, 0.4) is 0 Å². The first-order chi connectivity index (χ1) is 9.57. The Balaban J connectivity index is 0.00000400. The summed E-state index contributed by atoms with van der Waals surface area (Å²) in [5.74, 6) is 0.872.